The third kappa shape index (κ3) is 3.63. The van der Waals surface area contributed by atoms with Crippen LogP contribution in [0.2, 0.25) is 0 Å². The van der Waals surface area contributed by atoms with Crippen LogP contribution in [-0.4, -0.2) is 71.3 Å². The number of nitrogens with zero attached hydrogens (tertiary/aromatic N) is 3. The SMILES string of the molecule is CNC(=O)C1CC(=O)N(C2CN(C(=O)c3ccc(NC(C)C)nc3)C2)C1. The fourth-order valence-electron chi connectivity index (χ4n) is 3.37. The van der Waals surface area contributed by atoms with Gasteiger partial charge in [0.25, 0.3) is 5.91 Å². The van der Waals surface area contributed by atoms with Gasteiger partial charge in [-0.25, -0.2) is 4.98 Å². The van der Waals surface area contributed by atoms with Gasteiger partial charge in [-0.2, -0.15) is 0 Å². The molecule has 3 amide bonds. The number of rotatable bonds is 5. The average Bonchev–Trinajstić information content (AvgIpc) is 2.94. The van der Waals surface area contributed by atoms with Gasteiger partial charge in [-0.1, -0.05) is 0 Å². The van der Waals surface area contributed by atoms with Gasteiger partial charge in [0, 0.05) is 45.3 Å². The average molecular weight is 359 g/mol. The van der Waals surface area contributed by atoms with Gasteiger partial charge < -0.3 is 20.4 Å². The first-order valence-corrected chi connectivity index (χ1v) is 8.92. The first-order chi connectivity index (χ1) is 12.4. The van der Waals surface area contributed by atoms with Gasteiger partial charge >= 0.3 is 0 Å². The molecule has 0 radical (unpaired) electrons. The van der Waals surface area contributed by atoms with Crippen molar-refractivity contribution < 1.29 is 14.4 Å². The summed E-state index contributed by atoms with van der Waals surface area (Å²) in [5.41, 5.74) is 0.536. The first kappa shape index (κ1) is 18.2. The zero-order valence-corrected chi connectivity index (χ0v) is 15.4. The molecular formula is C18H25N5O3. The van der Waals surface area contributed by atoms with Gasteiger partial charge in [0.15, 0.2) is 0 Å². The molecule has 0 saturated carbocycles. The molecule has 0 aliphatic carbocycles. The maximum absolute atomic E-state index is 12.5. The second kappa shape index (κ2) is 7.31. The lowest BCUT2D eigenvalue weighted by molar-refractivity contribution is -0.132. The predicted octanol–water partition coefficient (Wildman–Crippen LogP) is 0.321. The van der Waals surface area contributed by atoms with E-state index in [1.807, 2.05) is 13.8 Å². The van der Waals surface area contributed by atoms with E-state index in [0.717, 1.165) is 5.82 Å². The van der Waals surface area contributed by atoms with E-state index in [2.05, 4.69) is 15.6 Å². The van der Waals surface area contributed by atoms with Crippen molar-refractivity contribution in [3.63, 3.8) is 0 Å². The molecule has 0 spiro atoms. The Balaban J connectivity index is 1.54. The minimum absolute atomic E-state index is 0.00375. The third-order valence-corrected chi connectivity index (χ3v) is 4.81. The molecular weight excluding hydrogens is 334 g/mol. The molecule has 1 aromatic rings. The largest absolute Gasteiger partial charge is 0.368 e. The van der Waals surface area contributed by atoms with E-state index in [9.17, 15) is 14.4 Å². The highest BCUT2D eigenvalue weighted by Gasteiger charge is 2.43. The summed E-state index contributed by atoms with van der Waals surface area (Å²) in [6, 6.07) is 3.83. The molecule has 140 valence electrons. The van der Waals surface area contributed by atoms with E-state index in [4.69, 9.17) is 0 Å². The highest BCUT2D eigenvalue weighted by atomic mass is 16.2. The van der Waals surface area contributed by atoms with Crippen molar-refractivity contribution in [2.45, 2.75) is 32.4 Å². The maximum Gasteiger partial charge on any atom is 0.255 e. The lowest BCUT2D eigenvalue weighted by Gasteiger charge is -2.44. The third-order valence-electron chi connectivity index (χ3n) is 4.81. The number of likely N-dealkylation sites (tertiary alicyclic amines) is 2. The number of hydrogen-bond donors (Lipinski definition) is 2. The number of carbonyl (C=O) groups excluding carboxylic acids is 3. The van der Waals surface area contributed by atoms with Gasteiger partial charge in [-0.3, -0.25) is 14.4 Å². The van der Waals surface area contributed by atoms with Crippen molar-refractivity contribution in [1.29, 1.82) is 0 Å². The molecule has 8 heteroatoms. The van der Waals surface area contributed by atoms with E-state index in [0.29, 0.717) is 25.2 Å². The summed E-state index contributed by atoms with van der Waals surface area (Å²) in [7, 11) is 1.58. The number of aromatic nitrogens is 1. The summed E-state index contributed by atoms with van der Waals surface area (Å²) in [5, 5.41) is 5.78. The number of anilines is 1. The Hall–Kier alpha value is -2.64. The maximum atomic E-state index is 12.5. The van der Waals surface area contributed by atoms with Crippen molar-refractivity contribution in [2.24, 2.45) is 5.92 Å². The van der Waals surface area contributed by atoms with Crippen LogP contribution in [0.3, 0.4) is 0 Å². The summed E-state index contributed by atoms with van der Waals surface area (Å²) >= 11 is 0. The Morgan fingerprint density at radius 1 is 1.23 bits per heavy atom. The van der Waals surface area contributed by atoms with Gasteiger partial charge in [-0.05, 0) is 26.0 Å². The minimum Gasteiger partial charge on any atom is -0.368 e. The molecule has 2 saturated heterocycles. The Labute approximate surface area is 152 Å². The van der Waals surface area contributed by atoms with E-state index in [1.165, 1.54) is 0 Å². The zero-order valence-electron chi connectivity index (χ0n) is 15.4. The number of nitrogens with one attached hydrogen (secondary N) is 2. The molecule has 0 bridgehead atoms. The monoisotopic (exact) mass is 359 g/mol. The molecule has 0 aromatic carbocycles. The topological polar surface area (TPSA) is 94.6 Å². The molecule has 2 fully saturated rings. The Morgan fingerprint density at radius 2 is 1.96 bits per heavy atom. The summed E-state index contributed by atoms with van der Waals surface area (Å²) < 4.78 is 0. The molecule has 1 atom stereocenters. The predicted molar refractivity (Wildman–Crippen MR) is 96.6 cm³/mol. The van der Waals surface area contributed by atoms with Crippen LogP contribution in [-0.2, 0) is 9.59 Å². The van der Waals surface area contributed by atoms with Crippen LogP contribution in [0.15, 0.2) is 18.3 Å². The molecule has 1 aromatic heterocycles. The van der Waals surface area contributed by atoms with Gasteiger partial charge in [0.2, 0.25) is 11.8 Å². The van der Waals surface area contributed by atoms with Crippen LogP contribution in [0.4, 0.5) is 5.82 Å². The van der Waals surface area contributed by atoms with E-state index < -0.39 is 0 Å². The summed E-state index contributed by atoms with van der Waals surface area (Å²) in [4.78, 5) is 44.1. The fraction of sp³-hybridized carbons (Fsp3) is 0.556. The van der Waals surface area contributed by atoms with Crippen molar-refractivity contribution in [3.8, 4) is 0 Å². The molecule has 3 rings (SSSR count). The number of carbonyl (C=O) groups is 3. The van der Waals surface area contributed by atoms with Gasteiger partial charge in [0.05, 0.1) is 17.5 Å². The van der Waals surface area contributed by atoms with E-state index in [1.54, 1.807) is 35.2 Å². The van der Waals surface area contributed by atoms with Gasteiger partial charge in [-0.15, -0.1) is 0 Å². The minimum atomic E-state index is -0.289. The first-order valence-electron chi connectivity index (χ1n) is 8.92. The number of amides is 3. The molecule has 8 nitrogen and oxygen atoms in total. The Bertz CT molecular complexity index is 697. The van der Waals surface area contributed by atoms with Crippen molar-refractivity contribution in [1.82, 2.24) is 20.1 Å². The normalized spacial score (nSPS) is 20.3. The summed E-state index contributed by atoms with van der Waals surface area (Å²) in [6.45, 7) is 5.47. The van der Waals surface area contributed by atoms with Crippen molar-refractivity contribution >= 4 is 23.5 Å². The van der Waals surface area contributed by atoms with Gasteiger partial charge in [0.1, 0.15) is 5.82 Å². The van der Waals surface area contributed by atoms with Crippen LogP contribution < -0.4 is 10.6 Å². The molecule has 3 heterocycles. The molecule has 1 unspecified atom stereocenters. The number of pyridine rings is 1. The van der Waals surface area contributed by atoms with Crippen molar-refractivity contribution in [3.05, 3.63) is 23.9 Å². The zero-order chi connectivity index (χ0) is 18.8. The highest BCUT2D eigenvalue weighted by molar-refractivity contribution is 5.95. The molecule has 2 aliphatic heterocycles. The fourth-order valence-corrected chi connectivity index (χ4v) is 3.37. The second-order valence-corrected chi connectivity index (χ2v) is 7.16. The summed E-state index contributed by atoms with van der Waals surface area (Å²) in [6.07, 6.45) is 1.82. The lowest BCUT2D eigenvalue weighted by atomic mass is 10.1. The number of hydrogen-bond acceptors (Lipinski definition) is 5. The second-order valence-electron chi connectivity index (χ2n) is 7.16. The van der Waals surface area contributed by atoms with Crippen LogP contribution in [0.1, 0.15) is 30.6 Å². The molecule has 26 heavy (non-hydrogen) atoms. The Morgan fingerprint density at radius 3 is 2.54 bits per heavy atom. The van der Waals surface area contributed by atoms with Crippen LogP contribution in [0.25, 0.3) is 0 Å². The highest BCUT2D eigenvalue weighted by Crippen LogP contribution is 2.26. The molecule has 2 N–H and O–H groups in total. The van der Waals surface area contributed by atoms with Crippen LogP contribution in [0.5, 0.6) is 0 Å². The Kier molecular flexibility index (Phi) is 5.11. The van der Waals surface area contributed by atoms with Crippen molar-refractivity contribution in [2.75, 3.05) is 32.0 Å². The molecule has 2 aliphatic rings. The van der Waals surface area contributed by atoms with E-state index >= 15 is 0 Å². The van der Waals surface area contributed by atoms with E-state index in [-0.39, 0.29) is 42.1 Å². The standard InChI is InChI=1S/C18H25N5O3/c1-11(2)21-15-5-4-12(7-20-15)18(26)22-9-14(10-22)23-8-13(6-16(23)24)17(25)19-3/h4-5,7,11,13-14H,6,8-10H2,1-3H3,(H,19,25)(H,20,21). The van der Waals surface area contributed by atoms with Crippen LogP contribution >= 0.6 is 0 Å². The summed E-state index contributed by atoms with van der Waals surface area (Å²) in [5.74, 6) is 0.249. The lowest BCUT2D eigenvalue weighted by Crippen LogP contribution is -2.61. The van der Waals surface area contributed by atoms with Crippen LogP contribution in [0, 0.1) is 5.92 Å². The quantitative estimate of drug-likeness (QED) is 0.790. The smallest absolute Gasteiger partial charge is 0.255 e.